The van der Waals surface area contributed by atoms with E-state index in [4.69, 9.17) is 26.3 Å². The predicted octanol–water partition coefficient (Wildman–Crippen LogP) is 3.20. The molecule has 1 aliphatic heterocycles. The molecular weight excluding hydrogens is 356 g/mol. The van der Waals surface area contributed by atoms with Gasteiger partial charge in [0.1, 0.15) is 6.61 Å². The number of carbonyl (C=O) groups excluding carboxylic acids is 2. The van der Waals surface area contributed by atoms with Gasteiger partial charge in [0.2, 0.25) is 0 Å². The van der Waals surface area contributed by atoms with E-state index in [0.717, 1.165) is 0 Å². The number of ether oxygens (including phenoxy) is 2. The van der Waals surface area contributed by atoms with Crippen LogP contribution in [0.3, 0.4) is 0 Å². The maximum absolute atomic E-state index is 12.7. The van der Waals surface area contributed by atoms with Crippen molar-refractivity contribution in [3.8, 4) is 6.07 Å². The van der Waals surface area contributed by atoms with Crippen LogP contribution < -0.4 is 5.32 Å². The maximum atomic E-state index is 12.7. The fourth-order valence-corrected chi connectivity index (χ4v) is 3.13. The number of nitrogens with one attached hydrogen (secondary N) is 1. The molecule has 0 spiro atoms. The van der Waals surface area contributed by atoms with Gasteiger partial charge in [-0.1, -0.05) is 23.7 Å². The minimum Gasteiger partial charge on any atom is -0.466 e. The van der Waals surface area contributed by atoms with Crippen molar-refractivity contribution in [2.75, 3.05) is 13.7 Å². The molecule has 0 saturated carbocycles. The van der Waals surface area contributed by atoms with E-state index in [1.165, 1.54) is 7.11 Å². The summed E-state index contributed by atoms with van der Waals surface area (Å²) in [6.07, 6.45) is 0.0893. The number of esters is 2. The van der Waals surface area contributed by atoms with Crippen molar-refractivity contribution < 1.29 is 19.1 Å². The highest BCUT2D eigenvalue weighted by Crippen LogP contribution is 2.39. The lowest BCUT2D eigenvalue weighted by Gasteiger charge is -2.30. The van der Waals surface area contributed by atoms with Crippen LogP contribution in [-0.4, -0.2) is 25.7 Å². The number of methoxy groups -OCH3 is 1. The second kappa shape index (κ2) is 8.54. The van der Waals surface area contributed by atoms with Gasteiger partial charge in [-0.15, -0.1) is 0 Å². The number of rotatable bonds is 5. The van der Waals surface area contributed by atoms with Gasteiger partial charge in [-0.3, -0.25) is 0 Å². The van der Waals surface area contributed by atoms with Crippen molar-refractivity contribution in [1.29, 1.82) is 5.26 Å². The van der Waals surface area contributed by atoms with Crippen LogP contribution in [0.2, 0.25) is 5.02 Å². The Bertz CT molecular complexity index is 836. The summed E-state index contributed by atoms with van der Waals surface area (Å²) in [6, 6.07) is 8.86. The van der Waals surface area contributed by atoms with Crippen LogP contribution in [0, 0.1) is 11.3 Å². The summed E-state index contributed by atoms with van der Waals surface area (Å²) < 4.78 is 10.1. The zero-order chi connectivity index (χ0) is 19.3. The molecule has 1 heterocycles. The maximum Gasteiger partial charge on any atom is 0.336 e. The molecule has 1 aliphatic rings. The summed E-state index contributed by atoms with van der Waals surface area (Å²) in [5.74, 6) is -1.82. The number of benzene rings is 1. The molecule has 2 rings (SSSR count). The van der Waals surface area contributed by atoms with Crippen molar-refractivity contribution in [2.45, 2.75) is 26.2 Å². The minimum atomic E-state index is -0.683. The second-order valence-corrected chi connectivity index (χ2v) is 6.16. The summed E-state index contributed by atoms with van der Waals surface area (Å²) in [4.78, 5) is 25.1. The van der Waals surface area contributed by atoms with E-state index in [1.807, 2.05) is 6.07 Å². The molecule has 7 heteroatoms. The summed E-state index contributed by atoms with van der Waals surface area (Å²) in [7, 11) is 1.29. The second-order valence-electron chi connectivity index (χ2n) is 5.73. The van der Waals surface area contributed by atoms with Crippen molar-refractivity contribution in [3.05, 3.63) is 57.4 Å². The Balaban J connectivity index is 2.56. The number of nitrogens with zero attached hydrogens (tertiary/aromatic N) is 1. The van der Waals surface area contributed by atoms with Crippen molar-refractivity contribution in [1.82, 2.24) is 5.32 Å². The molecule has 6 nitrogen and oxygen atoms in total. The van der Waals surface area contributed by atoms with E-state index < -0.39 is 17.9 Å². The summed E-state index contributed by atoms with van der Waals surface area (Å²) in [5.41, 5.74) is 2.43. The van der Waals surface area contributed by atoms with Crippen molar-refractivity contribution >= 4 is 23.5 Å². The van der Waals surface area contributed by atoms with Crippen LogP contribution in [0.1, 0.15) is 31.7 Å². The van der Waals surface area contributed by atoms with Gasteiger partial charge >= 0.3 is 11.9 Å². The third-order valence-corrected chi connectivity index (χ3v) is 4.25. The zero-order valence-electron chi connectivity index (χ0n) is 14.8. The Morgan fingerprint density at radius 1 is 1.23 bits per heavy atom. The summed E-state index contributed by atoms with van der Waals surface area (Å²) in [6.45, 7) is 3.45. The molecule has 1 atom stereocenters. The van der Waals surface area contributed by atoms with E-state index in [1.54, 1.807) is 38.1 Å². The van der Waals surface area contributed by atoms with Crippen LogP contribution in [-0.2, 0) is 19.1 Å². The van der Waals surface area contributed by atoms with Gasteiger partial charge in [0.25, 0.3) is 0 Å². The first-order valence-electron chi connectivity index (χ1n) is 7.97. The Hall–Kier alpha value is -2.78. The fraction of sp³-hybridized carbons (Fsp3) is 0.316. The highest BCUT2D eigenvalue weighted by atomic mass is 35.5. The molecule has 26 heavy (non-hydrogen) atoms. The first-order valence-corrected chi connectivity index (χ1v) is 8.34. The molecule has 1 N–H and O–H groups in total. The van der Waals surface area contributed by atoms with Gasteiger partial charge in [0, 0.05) is 16.4 Å². The topological polar surface area (TPSA) is 88.4 Å². The van der Waals surface area contributed by atoms with Crippen LogP contribution in [0.15, 0.2) is 46.8 Å². The van der Waals surface area contributed by atoms with Crippen molar-refractivity contribution in [3.63, 3.8) is 0 Å². The molecule has 0 amide bonds. The summed E-state index contributed by atoms with van der Waals surface area (Å²) in [5, 5.41) is 12.2. The van der Waals surface area contributed by atoms with Gasteiger partial charge < -0.3 is 14.8 Å². The Kier molecular flexibility index (Phi) is 6.42. The van der Waals surface area contributed by atoms with E-state index >= 15 is 0 Å². The Morgan fingerprint density at radius 2 is 1.88 bits per heavy atom. The number of hydrogen-bond donors (Lipinski definition) is 1. The minimum absolute atomic E-state index is 0.0232. The molecule has 0 fully saturated rings. The number of hydrogen-bond acceptors (Lipinski definition) is 6. The molecule has 0 radical (unpaired) electrons. The SMILES string of the molecule is COC(=O)C1=C(C)NC(C)=C(C(=O)OCCC#N)C1c1cccc(Cl)c1. The van der Waals surface area contributed by atoms with Gasteiger partial charge in [-0.05, 0) is 31.5 Å². The van der Waals surface area contributed by atoms with E-state index in [9.17, 15) is 9.59 Å². The third kappa shape index (κ3) is 4.06. The molecular formula is C19H19ClN2O4. The lowest BCUT2D eigenvalue weighted by atomic mass is 9.80. The smallest absolute Gasteiger partial charge is 0.336 e. The van der Waals surface area contributed by atoms with Gasteiger partial charge in [0.05, 0.1) is 36.7 Å². The average molecular weight is 375 g/mol. The van der Waals surface area contributed by atoms with Crippen LogP contribution in [0.25, 0.3) is 0 Å². The Labute approximate surface area is 157 Å². The van der Waals surface area contributed by atoms with Crippen LogP contribution in [0.5, 0.6) is 0 Å². The molecule has 1 aromatic rings. The molecule has 0 aliphatic carbocycles. The first-order chi connectivity index (χ1) is 12.4. The number of dihydropyridines is 1. The van der Waals surface area contributed by atoms with E-state index in [2.05, 4.69) is 5.32 Å². The molecule has 1 aromatic carbocycles. The monoisotopic (exact) mass is 374 g/mol. The number of halogens is 1. The predicted molar refractivity (Wildman–Crippen MR) is 95.9 cm³/mol. The highest BCUT2D eigenvalue weighted by Gasteiger charge is 2.37. The standard InChI is InChI=1S/C19H19ClN2O4/c1-11-15(18(23)25-3)17(13-6-4-7-14(20)10-13)16(12(2)22-11)19(24)26-9-5-8-21/h4,6-7,10,17,22H,5,9H2,1-3H3. The first kappa shape index (κ1) is 19.5. The van der Waals surface area contributed by atoms with Gasteiger partial charge in [-0.2, -0.15) is 5.26 Å². The van der Waals surface area contributed by atoms with Crippen LogP contribution >= 0.6 is 11.6 Å². The fourth-order valence-electron chi connectivity index (χ4n) is 2.93. The average Bonchev–Trinajstić information content (AvgIpc) is 2.60. The molecule has 0 saturated heterocycles. The zero-order valence-corrected chi connectivity index (χ0v) is 15.5. The van der Waals surface area contributed by atoms with E-state index in [-0.39, 0.29) is 18.6 Å². The Morgan fingerprint density at radius 3 is 2.46 bits per heavy atom. The number of carbonyl (C=O) groups is 2. The molecule has 136 valence electrons. The van der Waals surface area contributed by atoms with Gasteiger partial charge in [-0.25, -0.2) is 9.59 Å². The quantitative estimate of drug-likeness (QED) is 0.629. The number of nitriles is 1. The van der Waals surface area contributed by atoms with Crippen molar-refractivity contribution in [2.24, 2.45) is 0 Å². The van der Waals surface area contributed by atoms with Crippen LogP contribution in [0.4, 0.5) is 0 Å². The summed E-state index contributed by atoms with van der Waals surface area (Å²) >= 11 is 6.11. The van der Waals surface area contributed by atoms with Gasteiger partial charge in [0.15, 0.2) is 0 Å². The lowest BCUT2D eigenvalue weighted by molar-refractivity contribution is -0.139. The van der Waals surface area contributed by atoms with E-state index in [0.29, 0.717) is 27.6 Å². The molecule has 0 bridgehead atoms. The number of allylic oxidation sites excluding steroid dienone is 2. The molecule has 1 unspecified atom stereocenters. The lowest BCUT2D eigenvalue weighted by Crippen LogP contribution is -2.32. The highest BCUT2D eigenvalue weighted by molar-refractivity contribution is 6.30. The largest absolute Gasteiger partial charge is 0.466 e. The third-order valence-electron chi connectivity index (χ3n) is 4.01. The molecule has 0 aromatic heterocycles. The normalized spacial score (nSPS) is 16.7.